The topological polar surface area (TPSA) is 110 Å². The van der Waals surface area contributed by atoms with Crippen LogP contribution in [0.5, 0.6) is 0 Å². The molecular weight excluding hydrogens is 454 g/mol. The molecule has 0 spiro atoms. The molecule has 1 saturated heterocycles. The van der Waals surface area contributed by atoms with E-state index in [1.165, 1.54) is 22.0 Å². The number of non-ortho nitro benzene ring substituents is 1. The summed E-state index contributed by atoms with van der Waals surface area (Å²) in [6, 6.07) is 11.5. The highest BCUT2D eigenvalue weighted by atomic mass is 35.5. The minimum absolute atomic E-state index is 0.0158. The van der Waals surface area contributed by atoms with Crippen molar-refractivity contribution in [3.63, 3.8) is 0 Å². The standard InChI is InChI=1S/C22H24ClN3O5S/c23-19-9-8-17(26(28)29)14-21(19)32(30,31)25-12-10-16(11-13-25)22(27)24-20-7-3-5-15-4-1-2-6-18(15)20/h1-2,4,6,8-9,14,16,20H,3,5,7,10-13H2,(H,24,27). The molecule has 1 atom stereocenters. The molecule has 4 rings (SSSR count). The van der Waals surface area contributed by atoms with Crippen LogP contribution in [0.25, 0.3) is 0 Å². The van der Waals surface area contributed by atoms with Gasteiger partial charge in [-0.1, -0.05) is 35.9 Å². The number of nitro benzene ring substituents is 1. The average Bonchev–Trinajstić information content (AvgIpc) is 2.79. The van der Waals surface area contributed by atoms with Crippen LogP contribution >= 0.6 is 11.6 Å². The van der Waals surface area contributed by atoms with Gasteiger partial charge in [0.25, 0.3) is 5.69 Å². The highest BCUT2D eigenvalue weighted by Crippen LogP contribution is 2.33. The van der Waals surface area contributed by atoms with Gasteiger partial charge in [0, 0.05) is 31.1 Å². The van der Waals surface area contributed by atoms with Crippen LogP contribution in [-0.4, -0.2) is 36.6 Å². The molecule has 0 aromatic heterocycles. The number of carbonyl (C=O) groups is 1. The lowest BCUT2D eigenvalue weighted by molar-refractivity contribution is -0.385. The van der Waals surface area contributed by atoms with Crippen molar-refractivity contribution in [1.29, 1.82) is 0 Å². The summed E-state index contributed by atoms with van der Waals surface area (Å²) in [5.41, 5.74) is 2.08. The summed E-state index contributed by atoms with van der Waals surface area (Å²) in [4.78, 5) is 23.0. The lowest BCUT2D eigenvalue weighted by Gasteiger charge is -2.32. The van der Waals surface area contributed by atoms with E-state index in [1.54, 1.807) is 0 Å². The molecule has 8 nitrogen and oxygen atoms in total. The number of amides is 1. The molecule has 1 N–H and O–H groups in total. The summed E-state index contributed by atoms with van der Waals surface area (Å²) >= 11 is 6.04. The predicted octanol–water partition coefficient (Wildman–Crippen LogP) is 3.84. The Morgan fingerprint density at radius 2 is 1.84 bits per heavy atom. The molecule has 2 aromatic carbocycles. The molecule has 0 bridgehead atoms. The van der Waals surface area contributed by atoms with Crippen molar-refractivity contribution >= 4 is 33.2 Å². The van der Waals surface area contributed by atoms with Gasteiger partial charge in [0.2, 0.25) is 15.9 Å². The molecule has 1 unspecified atom stereocenters. The van der Waals surface area contributed by atoms with E-state index >= 15 is 0 Å². The maximum Gasteiger partial charge on any atom is 0.270 e. The molecule has 0 radical (unpaired) electrons. The molecule has 1 fully saturated rings. The minimum Gasteiger partial charge on any atom is -0.349 e. The van der Waals surface area contributed by atoms with Crippen LogP contribution in [0.4, 0.5) is 5.69 Å². The fraction of sp³-hybridized carbons (Fsp3) is 0.409. The van der Waals surface area contributed by atoms with Crippen LogP contribution in [-0.2, 0) is 21.2 Å². The number of piperidine rings is 1. The number of carbonyl (C=O) groups excluding carboxylic acids is 1. The van der Waals surface area contributed by atoms with Crippen molar-refractivity contribution in [2.45, 2.75) is 43.0 Å². The Hall–Kier alpha value is -2.49. The number of benzene rings is 2. The SMILES string of the molecule is O=C(NC1CCCc2ccccc21)C1CCN(S(=O)(=O)c2cc([N+](=O)[O-])ccc2Cl)CC1. The monoisotopic (exact) mass is 477 g/mol. The van der Waals surface area contributed by atoms with Gasteiger partial charge in [0.1, 0.15) is 4.90 Å². The average molecular weight is 478 g/mol. The van der Waals surface area contributed by atoms with Crippen molar-refractivity contribution in [1.82, 2.24) is 9.62 Å². The normalized spacial score (nSPS) is 19.8. The van der Waals surface area contributed by atoms with Crippen molar-refractivity contribution in [3.8, 4) is 0 Å². The minimum atomic E-state index is -4.00. The van der Waals surface area contributed by atoms with Crippen LogP contribution in [0.15, 0.2) is 47.4 Å². The molecule has 10 heteroatoms. The molecule has 2 aromatic rings. The molecule has 1 aliphatic carbocycles. The van der Waals surface area contributed by atoms with E-state index in [0.29, 0.717) is 12.8 Å². The van der Waals surface area contributed by atoms with E-state index in [0.717, 1.165) is 30.9 Å². The van der Waals surface area contributed by atoms with Crippen LogP contribution in [0, 0.1) is 16.0 Å². The van der Waals surface area contributed by atoms with Crippen molar-refractivity contribution in [2.75, 3.05) is 13.1 Å². The Kier molecular flexibility index (Phi) is 6.50. The zero-order chi connectivity index (χ0) is 22.9. The molecule has 1 amide bonds. The highest BCUT2D eigenvalue weighted by molar-refractivity contribution is 7.89. The number of aryl methyl sites for hydroxylation is 1. The first-order valence-electron chi connectivity index (χ1n) is 10.6. The number of nitrogens with one attached hydrogen (secondary N) is 1. The second-order valence-corrected chi connectivity index (χ2v) is 10.5. The Morgan fingerprint density at radius 3 is 2.56 bits per heavy atom. The fourth-order valence-electron chi connectivity index (χ4n) is 4.49. The van der Waals surface area contributed by atoms with E-state index in [9.17, 15) is 23.3 Å². The molecule has 170 valence electrons. The first-order chi connectivity index (χ1) is 15.3. The summed E-state index contributed by atoms with van der Waals surface area (Å²) in [5.74, 6) is -0.340. The quantitative estimate of drug-likeness (QED) is 0.519. The summed E-state index contributed by atoms with van der Waals surface area (Å²) in [6.45, 7) is 0.307. The van der Waals surface area contributed by atoms with Gasteiger partial charge in [0.05, 0.1) is 16.0 Å². The third-order valence-electron chi connectivity index (χ3n) is 6.25. The summed E-state index contributed by atoms with van der Waals surface area (Å²) in [5, 5.41) is 14.1. The van der Waals surface area contributed by atoms with Gasteiger partial charge in [0.15, 0.2) is 0 Å². The third kappa shape index (κ3) is 4.51. The number of sulfonamides is 1. The van der Waals surface area contributed by atoms with Gasteiger partial charge >= 0.3 is 0 Å². The molecule has 2 aliphatic rings. The zero-order valence-corrected chi connectivity index (χ0v) is 18.9. The van der Waals surface area contributed by atoms with Crippen molar-refractivity contribution < 1.29 is 18.1 Å². The number of nitro groups is 1. The van der Waals surface area contributed by atoms with Gasteiger partial charge in [-0.15, -0.1) is 0 Å². The second-order valence-electron chi connectivity index (χ2n) is 8.20. The van der Waals surface area contributed by atoms with E-state index in [1.807, 2.05) is 12.1 Å². The van der Waals surface area contributed by atoms with E-state index < -0.39 is 14.9 Å². The third-order valence-corrected chi connectivity index (χ3v) is 8.63. The number of fused-ring (bicyclic) bond motifs is 1. The highest BCUT2D eigenvalue weighted by Gasteiger charge is 2.35. The molecule has 0 saturated carbocycles. The van der Waals surface area contributed by atoms with Gasteiger partial charge in [-0.3, -0.25) is 14.9 Å². The molecule has 32 heavy (non-hydrogen) atoms. The number of rotatable bonds is 5. The summed E-state index contributed by atoms with van der Waals surface area (Å²) in [6.07, 6.45) is 3.68. The van der Waals surface area contributed by atoms with Crippen LogP contribution in [0.2, 0.25) is 5.02 Å². The first-order valence-corrected chi connectivity index (χ1v) is 12.4. The summed E-state index contributed by atoms with van der Waals surface area (Å²) < 4.78 is 27.3. The van der Waals surface area contributed by atoms with Gasteiger partial charge < -0.3 is 5.32 Å². The largest absolute Gasteiger partial charge is 0.349 e. The fourth-order valence-corrected chi connectivity index (χ4v) is 6.46. The zero-order valence-electron chi connectivity index (χ0n) is 17.4. The van der Waals surface area contributed by atoms with E-state index in [-0.39, 0.29) is 46.6 Å². The Morgan fingerprint density at radius 1 is 1.12 bits per heavy atom. The lowest BCUT2D eigenvalue weighted by Crippen LogP contribution is -2.44. The van der Waals surface area contributed by atoms with Crippen LogP contribution in [0.3, 0.4) is 0 Å². The van der Waals surface area contributed by atoms with Crippen LogP contribution < -0.4 is 5.32 Å². The van der Waals surface area contributed by atoms with E-state index in [4.69, 9.17) is 11.6 Å². The molecule has 1 heterocycles. The Labute approximate surface area is 191 Å². The molecular formula is C22H24ClN3O5S. The maximum absolute atomic E-state index is 13.0. The number of hydrogen-bond acceptors (Lipinski definition) is 5. The number of nitrogens with zero attached hydrogens (tertiary/aromatic N) is 2. The Balaban J connectivity index is 1.42. The van der Waals surface area contributed by atoms with Crippen molar-refractivity contribution in [3.05, 3.63) is 68.7 Å². The lowest BCUT2D eigenvalue weighted by atomic mass is 9.87. The van der Waals surface area contributed by atoms with Gasteiger partial charge in [-0.25, -0.2) is 8.42 Å². The maximum atomic E-state index is 13.0. The van der Waals surface area contributed by atoms with Crippen molar-refractivity contribution in [2.24, 2.45) is 5.92 Å². The number of hydrogen-bond donors (Lipinski definition) is 1. The first kappa shape index (κ1) is 22.7. The van der Waals surface area contributed by atoms with Gasteiger partial charge in [-0.2, -0.15) is 4.31 Å². The number of halogens is 1. The van der Waals surface area contributed by atoms with Gasteiger partial charge in [-0.05, 0) is 49.3 Å². The smallest absolute Gasteiger partial charge is 0.270 e. The van der Waals surface area contributed by atoms with E-state index in [2.05, 4.69) is 17.4 Å². The predicted molar refractivity (Wildman–Crippen MR) is 120 cm³/mol. The van der Waals surface area contributed by atoms with Crippen LogP contribution in [0.1, 0.15) is 42.9 Å². The molecule has 1 aliphatic heterocycles. The summed E-state index contributed by atoms with van der Waals surface area (Å²) in [7, 11) is -4.00. The second kappa shape index (κ2) is 9.17. The Bertz CT molecular complexity index is 1150.